The normalized spacial score (nSPS) is 29.2. The van der Waals surface area contributed by atoms with Gasteiger partial charge in [-0.2, -0.15) is 0 Å². The highest BCUT2D eigenvalue weighted by molar-refractivity contribution is 5.94. The molecule has 2 aromatic rings. The largest absolute Gasteiger partial charge is 0.309 e. The van der Waals surface area contributed by atoms with Gasteiger partial charge in [0, 0.05) is 30.3 Å². The molecule has 8 rings (SSSR count). The van der Waals surface area contributed by atoms with E-state index in [1.807, 2.05) is 0 Å². The molecule has 1 nitrogen and oxygen atoms in total. The monoisotopic (exact) mass is 559 g/mol. The molecule has 0 aromatic heterocycles. The van der Waals surface area contributed by atoms with Crippen LogP contribution in [0, 0.1) is 23.7 Å². The second-order valence-corrected chi connectivity index (χ2v) is 13.0. The number of hydrogen-bond acceptors (Lipinski definition) is 1. The van der Waals surface area contributed by atoms with E-state index in [4.69, 9.17) is 0 Å². The Hall–Kier alpha value is -3.94. The first-order chi connectivity index (χ1) is 21.3. The zero-order chi connectivity index (χ0) is 28.8. The molecule has 5 atom stereocenters. The van der Waals surface area contributed by atoms with E-state index in [0.717, 1.165) is 38.6 Å². The van der Waals surface area contributed by atoms with Crippen molar-refractivity contribution in [2.75, 3.05) is 6.54 Å². The second-order valence-electron chi connectivity index (χ2n) is 13.0. The second kappa shape index (κ2) is 11.3. The lowest BCUT2D eigenvalue weighted by Gasteiger charge is -2.36. The lowest BCUT2D eigenvalue weighted by atomic mass is 9.67. The Kier molecular flexibility index (Phi) is 7.00. The highest BCUT2D eigenvalue weighted by Gasteiger charge is 2.34. The molecule has 0 radical (unpaired) electrons. The third-order valence-corrected chi connectivity index (χ3v) is 10.6. The minimum atomic E-state index is 0.362. The summed E-state index contributed by atoms with van der Waals surface area (Å²) in [6.07, 6.45) is 34.1. The maximum atomic E-state index is 3.87. The summed E-state index contributed by atoms with van der Waals surface area (Å²) in [5, 5.41) is 9.63. The lowest BCUT2D eigenvalue weighted by molar-refractivity contribution is 0.437. The summed E-state index contributed by atoms with van der Waals surface area (Å²) >= 11 is 0. The average molecular weight is 560 g/mol. The van der Waals surface area contributed by atoms with Gasteiger partial charge in [-0.05, 0) is 93.7 Å². The first-order valence-electron chi connectivity index (χ1n) is 16.4. The van der Waals surface area contributed by atoms with Crippen molar-refractivity contribution in [2.45, 2.75) is 45.1 Å². The van der Waals surface area contributed by atoms with Gasteiger partial charge in [0.25, 0.3) is 0 Å². The molecule has 1 aliphatic heterocycles. The van der Waals surface area contributed by atoms with Crippen LogP contribution in [-0.4, -0.2) is 12.6 Å². The highest BCUT2D eigenvalue weighted by Crippen LogP contribution is 2.44. The minimum absolute atomic E-state index is 0.362. The maximum Gasteiger partial charge on any atom is 0.0316 e. The van der Waals surface area contributed by atoms with Gasteiger partial charge in [0.05, 0.1) is 0 Å². The standard InChI is InChI=1S/C42H41N/c1-28-22-24-39(34-17-6-5-16-33(28)34)42-37-20-9-7-18-35(37)41(36-19-8-10-21-38(36)42)31-15-11-14-30(26-31)32-23-25-40(43-27-32)29-12-3-2-4-13-29/h2-10,12,14,16-21,23,25-26,29,32,35,37,40,43H,11,13,15,22,24,27H2,1H3. The van der Waals surface area contributed by atoms with Crippen LogP contribution in [0.2, 0.25) is 0 Å². The van der Waals surface area contributed by atoms with E-state index < -0.39 is 0 Å². The number of benzene rings is 2. The van der Waals surface area contributed by atoms with Gasteiger partial charge in [0.2, 0.25) is 0 Å². The van der Waals surface area contributed by atoms with Gasteiger partial charge in [0.1, 0.15) is 0 Å². The van der Waals surface area contributed by atoms with E-state index >= 15 is 0 Å². The number of allylic oxidation sites excluding steroid dienone is 10. The molecular formula is C42H41N. The molecule has 0 amide bonds. The van der Waals surface area contributed by atoms with E-state index in [-0.39, 0.29) is 0 Å². The molecule has 43 heavy (non-hydrogen) atoms. The first kappa shape index (κ1) is 26.7. The van der Waals surface area contributed by atoms with Crippen LogP contribution in [0.1, 0.15) is 39.0 Å². The summed E-state index contributed by atoms with van der Waals surface area (Å²) < 4.78 is 0. The highest BCUT2D eigenvalue weighted by atomic mass is 14.9. The number of fused-ring (bicyclic) bond motifs is 3. The summed E-state index contributed by atoms with van der Waals surface area (Å²) in [5.41, 5.74) is 9.19. The van der Waals surface area contributed by atoms with Gasteiger partial charge in [-0.3, -0.25) is 0 Å². The topological polar surface area (TPSA) is 12.0 Å². The van der Waals surface area contributed by atoms with E-state index in [2.05, 4.69) is 134 Å². The number of rotatable bonds is 4. The van der Waals surface area contributed by atoms with Crippen LogP contribution in [0.25, 0.3) is 22.3 Å². The van der Waals surface area contributed by atoms with Gasteiger partial charge in [-0.15, -0.1) is 0 Å². The van der Waals surface area contributed by atoms with Crippen LogP contribution in [0.3, 0.4) is 0 Å². The molecule has 5 aliphatic carbocycles. The molecule has 0 fully saturated rings. The Bertz CT molecular complexity index is 1930. The van der Waals surface area contributed by atoms with Crippen LogP contribution in [-0.2, 0) is 0 Å². The van der Waals surface area contributed by atoms with Gasteiger partial charge in [-0.1, -0.05) is 127 Å². The van der Waals surface area contributed by atoms with Crippen LogP contribution >= 0.6 is 0 Å². The fourth-order valence-electron chi connectivity index (χ4n) is 8.44. The van der Waals surface area contributed by atoms with E-state index in [9.17, 15) is 0 Å². The Labute approximate surface area is 255 Å². The van der Waals surface area contributed by atoms with Crippen LogP contribution in [0.15, 0.2) is 133 Å². The van der Waals surface area contributed by atoms with E-state index in [0.29, 0.717) is 29.7 Å². The predicted octanol–water partition coefficient (Wildman–Crippen LogP) is 6.10. The summed E-state index contributed by atoms with van der Waals surface area (Å²) in [6, 6.07) is 18.8. The zero-order valence-corrected chi connectivity index (χ0v) is 25.2. The van der Waals surface area contributed by atoms with Crippen molar-refractivity contribution in [2.24, 2.45) is 23.7 Å². The average Bonchev–Trinajstić information content (AvgIpc) is 3.08. The third-order valence-electron chi connectivity index (χ3n) is 10.6. The summed E-state index contributed by atoms with van der Waals surface area (Å²) in [7, 11) is 0. The molecule has 5 unspecified atom stereocenters. The summed E-state index contributed by atoms with van der Waals surface area (Å²) in [6.45, 7) is 3.33. The summed E-state index contributed by atoms with van der Waals surface area (Å²) in [5.74, 6) is 1.72. The van der Waals surface area contributed by atoms with Gasteiger partial charge < -0.3 is 5.32 Å². The fourth-order valence-corrected chi connectivity index (χ4v) is 8.44. The maximum absolute atomic E-state index is 3.87. The number of hydrogen-bond donors (Lipinski definition) is 1. The van der Waals surface area contributed by atoms with Crippen molar-refractivity contribution >= 4 is 22.3 Å². The Morgan fingerprint density at radius 1 is 0.674 bits per heavy atom. The third kappa shape index (κ3) is 4.75. The van der Waals surface area contributed by atoms with E-state index in [1.54, 1.807) is 16.7 Å². The van der Waals surface area contributed by atoms with Gasteiger partial charge in [-0.25, -0.2) is 0 Å². The molecule has 0 saturated heterocycles. The molecular weight excluding hydrogens is 518 g/mol. The number of nitrogens with one attached hydrogen (secondary N) is 1. The minimum Gasteiger partial charge on any atom is -0.309 e. The van der Waals surface area contributed by atoms with Crippen LogP contribution in [0.4, 0.5) is 0 Å². The van der Waals surface area contributed by atoms with Crippen molar-refractivity contribution in [1.29, 1.82) is 0 Å². The quantitative estimate of drug-likeness (QED) is 0.447. The first-order valence-corrected chi connectivity index (χ1v) is 16.4. The molecule has 0 saturated carbocycles. The molecule has 6 aliphatic rings. The van der Waals surface area contributed by atoms with Gasteiger partial charge >= 0.3 is 0 Å². The van der Waals surface area contributed by atoms with Crippen molar-refractivity contribution < 1.29 is 0 Å². The smallest absolute Gasteiger partial charge is 0.0316 e. The van der Waals surface area contributed by atoms with Gasteiger partial charge in [0.15, 0.2) is 0 Å². The Morgan fingerprint density at radius 3 is 2.14 bits per heavy atom. The van der Waals surface area contributed by atoms with Crippen molar-refractivity contribution in [1.82, 2.24) is 5.32 Å². The summed E-state index contributed by atoms with van der Waals surface area (Å²) in [4.78, 5) is 0. The van der Waals surface area contributed by atoms with Crippen LogP contribution in [0.5, 0.6) is 0 Å². The SMILES string of the molecule is CC1=c2ccccc2=C(C2=c3ccccc3=C(C3=CC(C4C=CC(C5C=CC=CC5)NC4)=CCC3)C3C=CC=CC23)CC1. The Morgan fingerprint density at radius 2 is 1.40 bits per heavy atom. The Balaban J connectivity index is 1.26. The van der Waals surface area contributed by atoms with Crippen LogP contribution < -0.4 is 26.2 Å². The fraction of sp³-hybridized carbons (Fsp3) is 0.286. The zero-order valence-electron chi connectivity index (χ0n) is 25.2. The molecule has 1 heteroatoms. The van der Waals surface area contributed by atoms with Crippen molar-refractivity contribution in [3.05, 3.63) is 153 Å². The van der Waals surface area contributed by atoms with Crippen molar-refractivity contribution in [3.63, 3.8) is 0 Å². The molecule has 2 aromatic carbocycles. The molecule has 1 heterocycles. The molecule has 0 bridgehead atoms. The molecule has 0 spiro atoms. The predicted molar refractivity (Wildman–Crippen MR) is 181 cm³/mol. The molecule has 214 valence electrons. The van der Waals surface area contributed by atoms with E-state index in [1.165, 1.54) is 37.6 Å². The lowest BCUT2D eigenvalue weighted by Crippen LogP contribution is -2.43. The van der Waals surface area contributed by atoms with Crippen molar-refractivity contribution in [3.8, 4) is 0 Å². The molecule has 1 N–H and O–H groups in total.